The fraction of sp³-hybridized carbons (Fsp3) is 0.455. The number of hydrogen-bond donors (Lipinski definition) is 1. The number of nitrogens with one attached hydrogen (secondary N) is 1. The summed E-state index contributed by atoms with van der Waals surface area (Å²) in [6, 6.07) is 12.1. The van der Waals surface area contributed by atoms with E-state index in [1.54, 1.807) is 0 Å². The van der Waals surface area contributed by atoms with E-state index in [-0.39, 0.29) is 11.1 Å². The Morgan fingerprint density at radius 3 is 2.31 bits per heavy atom. The molecule has 1 aliphatic rings. The molecule has 0 bridgehead atoms. The molecule has 0 radical (unpaired) electrons. The third-order valence-electron chi connectivity index (χ3n) is 5.63. The van der Waals surface area contributed by atoms with Gasteiger partial charge in [0.2, 0.25) is 5.13 Å². The maximum absolute atomic E-state index is 11.5. The number of rotatable bonds is 4. The van der Waals surface area contributed by atoms with Crippen LogP contribution >= 0.6 is 11.3 Å². The number of nitroso groups, excluding NO2 is 1. The fourth-order valence-corrected chi connectivity index (χ4v) is 5.54. The van der Waals surface area contributed by atoms with Crippen LogP contribution in [0.5, 0.6) is 0 Å². The molecule has 29 heavy (non-hydrogen) atoms. The van der Waals surface area contributed by atoms with Crippen molar-refractivity contribution in [3.63, 3.8) is 0 Å². The molecule has 1 saturated heterocycles. The molecule has 0 amide bonds. The lowest BCUT2D eigenvalue weighted by molar-refractivity contribution is 0.161. The maximum atomic E-state index is 11.5. The zero-order chi connectivity index (χ0) is 20.8. The summed E-state index contributed by atoms with van der Waals surface area (Å²) < 4.78 is 0. The van der Waals surface area contributed by atoms with Crippen LogP contribution < -0.4 is 10.2 Å². The van der Waals surface area contributed by atoms with Gasteiger partial charge in [-0.2, -0.15) is 0 Å². The average molecular weight is 410 g/mol. The predicted octanol–water partition coefficient (Wildman–Crippen LogP) is 5.50. The van der Waals surface area contributed by atoms with Gasteiger partial charge < -0.3 is 10.2 Å². The molecule has 1 aromatic heterocycles. The zero-order valence-corrected chi connectivity index (χ0v) is 18.4. The number of benzene rings is 2. The highest BCUT2D eigenvalue weighted by molar-refractivity contribution is 7.18. The van der Waals surface area contributed by atoms with E-state index in [1.165, 1.54) is 11.3 Å². The van der Waals surface area contributed by atoms with Gasteiger partial charge in [0.05, 0.1) is 0 Å². The first kappa shape index (κ1) is 19.9. The van der Waals surface area contributed by atoms with Crippen molar-refractivity contribution in [1.29, 1.82) is 0 Å². The monoisotopic (exact) mass is 409 g/mol. The van der Waals surface area contributed by atoms with Crippen LogP contribution in [0.25, 0.3) is 21.3 Å². The predicted molar refractivity (Wildman–Crippen MR) is 121 cm³/mol. The summed E-state index contributed by atoms with van der Waals surface area (Å²) >= 11 is 1.51. The number of hydrogen-bond acceptors (Lipinski definition) is 7. The Kier molecular flexibility index (Phi) is 4.91. The Bertz CT molecular complexity index is 1040. The molecular weight excluding hydrogens is 382 g/mol. The second kappa shape index (κ2) is 7.15. The Hall–Kier alpha value is -2.38. The highest BCUT2D eigenvalue weighted by atomic mass is 32.1. The van der Waals surface area contributed by atoms with Crippen molar-refractivity contribution in [2.45, 2.75) is 57.7 Å². The van der Waals surface area contributed by atoms with Crippen LogP contribution in [0.15, 0.2) is 41.6 Å². The topological polar surface area (TPSA) is 70.5 Å². The quantitative estimate of drug-likeness (QED) is 0.576. The van der Waals surface area contributed by atoms with Crippen molar-refractivity contribution in [2.75, 3.05) is 11.9 Å². The van der Waals surface area contributed by atoms with Crippen LogP contribution in [0, 0.1) is 4.91 Å². The van der Waals surface area contributed by atoms with Crippen LogP contribution in [0.2, 0.25) is 0 Å². The molecule has 1 N–H and O–H groups in total. The summed E-state index contributed by atoms with van der Waals surface area (Å²) in [5.41, 5.74) is 1.25. The van der Waals surface area contributed by atoms with E-state index in [9.17, 15) is 4.91 Å². The molecule has 3 aromatic rings. The van der Waals surface area contributed by atoms with E-state index in [0.29, 0.717) is 11.7 Å². The van der Waals surface area contributed by atoms with Gasteiger partial charge in [0.25, 0.3) is 0 Å². The molecule has 0 aliphatic carbocycles. The molecule has 6 nitrogen and oxygen atoms in total. The van der Waals surface area contributed by atoms with Crippen molar-refractivity contribution in [2.24, 2.45) is 5.18 Å². The van der Waals surface area contributed by atoms with Crippen LogP contribution in [0.4, 0.5) is 10.8 Å². The largest absolute Gasteiger partial charge is 0.347 e. The maximum Gasteiger partial charge on any atom is 0.208 e. The molecule has 4 rings (SSSR count). The normalized spacial score (nSPS) is 18.7. The summed E-state index contributed by atoms with van der Waals surface area (Å²) in [6.45, 7) is 8.99. The van der Waals surface area contributed by atoms with Crippen LogP contribution in [-0.2, 0) is 0 Å². The molecule has 152 valence electrons. The first-order valence-corrected chi connectivity index (χ1v) is 10.7. The molecule has 2 heterocycles. The minimum Gasteiger partial charge on any atom is -0.347 e. The molecule has 0 atom stereocenters. The van der Waals surface area contributed by atoms with Gasteiger partial charge in [-0.1, -0.05) is 35.6 Å². The molecule has 7 heteroatoms. The van der Waals surface area contributed by atoms with Gasteiger partial charge in [-0.15, -0.1) is 15.1 Å². The Morgan fingerprint density at radius 2 is 1.69 bits per heavy atom. The third-order valence-corrected chi connectivity index (χ3v) is 6.67. The second-order valence-corrected chi connectivity index (χ2v) is 10.2. The summed E-state index contributed by atoms with van der Waals surface area (Å²) in [5.74, 6) is 0. The zero-order valence-electron chi connectivity index (χ0n) is 17.6. The summed E-state index contributed by atoms with van der Waals surface area (Å²) in [5, 5.41) is 19.5. The fourth-order valence-electron chi connectivity index (χ4n) is 4.64. The summed E-state index contributed by atoms with van der Waals surface area (Å²) in [4.78, 5) is 13.7. The SMILES string of the molecule is CN(c1nnc(-c2cc3ccccc3cc2N=O)s1)C1CC(C)(C)NC(C)(C)C1. The van der Waals surface area contributed by atoms with Crippen LogP contribution in [0.3, 0.4) is 0 Å². The van der Waals surface area contributed by atoms with E-state index in [1.807, 2.05) is 36.4 Å². The van der Waals surface area contributed by atoms with E-state index in [2.05, 4.69) is 60.3 Å². The molecular formula is C22H27N5OS. The molecule has 1 fully saturated rings. The number of nitrogens with zero attached hydrogens (tertiary/aromatic N) is 4. The van der Waals surface area contributed by atoms with Gasteiger partial charge in [0.15, 0.2) is 5.01 Å². The lowest BCUT2D eigenvalue weighted by Crippen LogP contribution is -2.61. The van der Waals surface area contributed by atoms with Crippen molar-refractivity contribution in [3.8, 4) is 10.6 Å². The second-order valence-electron chi connectivity index (χ2n) is 9.26. The Morgan fingerprint density at radius 1 is 1.07 bits per heavy atom. The first-order valence-electron chi connectivity index (χ1n) is 9.90. The lowest BCUT2D eigenvalue weighted by Gasteiger charge is -2.48. The van der Waals surface area contributed by atoms with Gasteiger partial charge in [-0.25, -0.2) is 0 Å². The van der Waals surface area contributed by atoms with Crippen LogP contribution in [0.1, 0.15) is 40.5 Å². The number of anilines is 1. The number of fused-ring (bicyclic) bond motifs is 1. The van der Waals surface area contributed by atoms with E-state index < -0.39 is 0 Å². The van der Waals surface area contributed by atoms with E-state index in [0.717, 1.165) is 39.3 Å². The average Bonchev–Trinajstić information content (AvgIpc) is 3.13. The molecule has 0 saturated carbocycles. The van der Waals surface area contributed by atoms with Gasteiger partial charge in [-0.05, 0) is 68.6 Å². The first-order chi connectivity index (χ1) is 13.7. The summed E-state index contributed by atoms with van der Waals surface area (Å²) in [7, 11) is 2.09. The highest BCUT2D eigenvalue weighted by Gasteiger charge is 2.39. The van der Waals surface area contributed by atoms with Crippen LogP contribution in [-0.4, -0.2) is 34.4 Å². The van der Waals surface area contributed by atoms with Crippen molar-refractivity contribution in [1.82, 2.24) is 15.5 Å². The standard InChI is InChI=1S/C22H27N5OS/c1-21(2)12-16(13-22(3,4)26-21)27(5)20-24-23-19(29-20)17-10-14-8-6-7-9-15(14)11-18(17)25-28/h6-11,16,26H,12-13H2,1-5H3. The molecule has 1 aliphatic heterocycles. The Labute approximate surface area is 175 Å². The minimum absolute atomic E-state index is 0.0567. The van der Waals surface area contributed by atoms with Gasteiger partial charge >= 0.3 is 0 Å². The van der Waals surface area contributed by atoms with Crippen molar-refractivity contribution < 1.29 is 0 Å². The van der Waals surface area contributed by atoms with Gasteiger partial charge in [0, 0.05) is 29.7 Å². The minimum atomic E-state index is 0.0567. The van der Waals surface area contributed by atoms with Gasteiger partial charge in [0.1, 0.15) is 5.69 Å². The molecule has 2 aromatic carbocycles. The third kappa shape index (κ3) is 4.02. The Balaban J connectivity index is 1.66. The lowest BCUT2D eigenvalue weighted by atomic mass is 9.79. The molecule has 0 unspecified atom stereocenters. The number of aromatic nitrogens is 2. The van der Waals surface area contributed by atoms with Gasteiger partial charge in [-0.3, -0.25) is 0 Å². The van der Waals surface area contributed by atoms with E-state index in [4.69, 9.17) is 0 Å². The van der Waals surface area contributed by atoms with Crippen molar-refractivity contribution >= 4 is 32.9 Å². The van der Waals surface area contributed by atoms with Crippen molar-refractivity contribution in [3.05, 3.63) is 41.3 Å². The highest BCUT2D eigenvalue weighted by Crippen LogP contribution is 2.39. The number of piperidine rings is 1. The van der Waals surface area contributed by atoms with E-state index >= 15 is 0 Å². The smallest absolute Gasteiger partial charge is 0.208 e. The molecule has 0 spiro atoms. The summed E-state index contributed by atoms with van der Waals surface area (Å²) in [6.07, 6.45) is 2.05.